The van der Waals surface area contributed by atoms with Gasteiger partial charge in [0.15, 0.2) is 5.75 Å². The van der Waals surface area contributed by atoms with Crippen molar-refractivity contribution in [1.82, 2.24) is 0 Å². The molecule has 0 aliphatic heterocycles. The zero-order valence-electron chi connectivity index (χ0n) is 18.4. The number of benzene rings is 3. The topological polar surface area (TPSA) is 102 Å². The van der Waals surface area contributed by atoms with E-state index in [4.69, 9.17) is 9.47 Å². The fourth-order valence-corrected chi connectivity index (χ4v) is 4.03. The van der Waals surface area contributed by atoms with Gasteiger partial charge in [0, 0.05) is 5.69 Å². The highest BCUT2D eigenvalue weighted by atomic mass is 32.2. The van der Waals surface area contributed by atoms with Crippen molar-refractivity contribution >= 4 is 33.3 Å². The van der Waals surface area contributed by atoms with Crippen LogP contribution in [0.15, 0.2) is 72.8 Å². The Labute approximate surface area is 192 Å². The molecule has 0 atom stereocenters. The van der Waals surface area contributed by atoms with Crippen molar-refractivity contribution in [3.63, 3.8) is 0 Å². The van der Waals surface area contributed by atoms with Crippen LogP contribution in [0, 0.1) is 6.92 Å². The summed E-state index contributed by atoms with van der Waals surface area (Å²) in [5.41, 5.74) is 1.41. The third-order valence-corrected chi connectivity index (χ3v) is 5.93. The van der Waals surface area contributed by atoms with Crippen LogP contribution in [-0.4, -0.2) is 40.2 Å². The number of hydrogen-bond donors (Lipinski definition) is 1. The number of hydrogen-bond acceptors (Lipinski definition) is 6. The number of carbonyl (C=O) groups excluding carboxylic acids is 2. The molecule has 0 aliphatic rings. The van der Waals surface area contributed by atoms with Crippen LogP contribution < -0.4 is 14.4 Å². The van der Waals surface area contributed by atoms with Gasteiger partial charge < -0.3 is 14.8 Å². The minimum Gasteiger partial charge on any atom is -0.465 e. The van der Waals surface area contributed by atoms with Gasteiger partial charge in [0.05, 0.1) is 24.6 Å². The van der Waals surface area contributed by atoms with E-state index in [0.717, 1.165) is 10.6 Å². The van der Waals surface area contributed by atoms with Crippen LogP contribution in [0.2, 0.25) is 0 Å². The number of esters is 1. The van der Waals surface area contributed by atoms with Crippen molar-refractivity contribution in [3.8, 4) is 11.5 Å². The summed E-state index contributed by atoms with van der Waals surface area (Å²) in [6.07, 6.45) is 1.02. The van der Waals surface area contributed by atoms with Crippen molar-refractivity contribution < 1.29 is 27.5 Å². The van der Waals surface area contributed by atoms with Crippen LogP contribution in [0.1, 0.15) is 15.9 Å². The Morgan fingerprint density at radius 3 is 2.27 bits per heavy atom. The lowest BCUT2D eigenvalue weighted by Crippen LogP contribution is -2.37. The van der Waals surface area contributed by atoms with Gasteiger partial charge >= 0.3 is 5.97 Å². The van der Waals surface area contributed by atoms with E-state index in [1.54, 1.807) is 73.7 Å². The molecule has 0 fully saturated rings. The van der Waals surface area contributed by atoms with E-state index < -0.39 is 28.4 Å². The molecule has 3 rings (SSSR count). The van der Waals surface area contributed by atoms with E-state index in [1.807, 2.05) is 6.07 Å². The van der Waals surface area contributed by atoms with E-state index in [0.29, 0.717) is 22.6 Å². The molecule has 0 aromatic heterocycles. The fourth-order valence-electron chi connectivity index (χ4n) is 3.17. The molecule has 1 amide bonds. The smallest absolute Gasteiger partial charge is 0.338 e. The van der Waals surface area contributed by atoms with Crippen LogP contribution in [0.5, 0.6) is 11.5 Å². The molecule has 3 aromatic carbocycles. The van der Waals surface area contributed by atoms with Gasteiger partial charge in [-0.15, -0.1) is 0 Å². The standard InChI is InChI=1S/C24H24N2O6S/c1-17-19(24(28)31-2)12-9-13-20(17)25-23(27)16-26(33(3,29)30)21-14-7-8-15-22(21)32-18-10-5-4-6-11-18/h4-15H,16H2,1-3H3,(H,25,27). The van der Waals surface area contributed by atoms with Crippen LogP contribution in [-0.2, 0) is 19.6 Å². The molecule has 1 N–H and O–H groups in total. The Hall–Kier alpha value is -3.85. The van der Waals surface area contributed by atoms with Crippen LogP contribution in [0.4, 0.5) is 11.4 Å². The van der Waals surface area contributed by atoms with Crippen molar-refractivity contribution in [1.29, 1.82) is 0 Å². The van der Waals surface area contributed by atoms with Gasteiger partial charge in [-0.25, -0.2) is 13.2 Å². The molecular formula is C24H24N2O6S. The second-order valence-corrected chi connectivity index (χ2v) is 9.08. The Morgan fingerprint density at radius 1 is 0.939 bits per heavy atom. The van der Waals surface area contributed by atoms with Crippen molar-refractivity contribution in [3.05, 3.63) is 83.9 Å². The Balaban J connectivity index is 1.88. The second-order valence-electron chi connectivity index (χ2n) is 7.17. The first-order valence-electron chi connectivity index (χ1n) is 9.98. The number of carbonyl (C=O) groups is 2. The van der Waals surface area contributed by atoms with Crippen molar-refractivity contribution in [2.75, 3.05) is 29.5 Å². The average molecular weight is 469 g/mol. The highest BCUT2D eigenvalue weighted by Crippen LogP contribution is 2.33. The number of rotatable bonds is 8. The molecule has 33 heavy (non-hydrogen) atoms. The highest BCUT2D eigenvalue weighted by Gasteiger charge is 2.25. The molecule has 3 aromatic rings. The summed E-state index contributed by atoms with van der Waals surface area (Å²) in [4.78, 5) is 24.8. The van der Waals surface area contributed by atoms with E-state index in [1.165, 1.54) is 7.11 Å². The number of nitrogens with zero attached hydrogens (tertiary/aromatic N) is 1. The first-order valence-corrected chi connectivity index (χ1v) is 11.8. The lowest BCUT2D eigenvalue weighted by Gasteiger charge is -2.24. The normalized spacial score (nSPS) is 10.9. The minimum absolute atomic E-state index is 0.221. The van der Waals surface area contributed by atoms with Gasteiger partial charge in [-0.1, -0.05) is 36.4 Å². The van der Waals surface area contributed by atoms with E-state index in [-0.39, 0.29) is 11.4 Å². The van der Waals surface area contributed by atoms with Crippen LogP contribution in [0.25, 0.3) is 0 Å². The molecule has 0 saturated carbocycles. The summed E-state index contributed by atoms with van der Waals surface area (Å²) in [5.74, 6) is -0.308. The van der Waals surface area contributed by atoms with Gasteiger partial charge in [-0.2, -0.15) is 0 Å². The first kappa shape index (κ1) is 23.8. The largest absolute Gasteiger partial charge is 0.465 e. The summed E-state index contributed by atoms with van der Waals surface area (Å²) in [5, 5.41) is 2.68. The molecular weight excluding hydrogens is 444 g/mol. The molecule has 0 bridgehead atoms. The molecule has 0 aliphatic carbocycles. The maximum atomic E-state index is 12.8. The predicted molar refractivity (Wildman–Crippen MR) is 126 cm³/mol. The van der Waals surface area contributed by atoms with Gasteiger partial charge in [-0.3, -0.25) is 9.10 Å². The molecule has 0 unspecified atom stereocenters. The first-order chi connectivity index (χ1) is 15.7. The molecule has 0 spiro atoms. The number of para-hydroxylation sites is 3. The molecule has 9 heteroatoms. The van der Waals surface area contributed by atoms with Crippen molar-refractivity contribution in [2.24, 2.45) is 0 Å². The molecule has 0 saturated heterocycles. The number of methoxy groups -OCH3 is 1. The SMILES string of the molecule is COC(=O)c1cccc(NC(=O)CN(c2ccccc2Oc2ccccc2)S(C)(=O)=O)c1C. The summed E-state index contributed by atoms with van der Waals surface area (Å²) < 4.78 is 36.8. The summed E-state index contributed by atoms with van der Waals surface area (Å²) in [6, 6.07) is 20.3. The van der Waals surface area contributed by atoms with Gasteiger partial charge in [0.1, 0.15) is 12.3 Å². The Kier molecular flexibility index (Phi) is 7.34. The summed E-state index contributed by atoms with van der Waals surface area (Å²) in [6.45, 7) is 1.18. The predicted octanol–water partition coefficient (Wildman–Crippen LogP) is 3.98. The maximum Gasteiger partial charge on any atom is 0.338 e. The zero-order valence-corrected chi connectivity index (χ0v) is 19.3. The summed E-state index contributed by atoms with van der Waals surface area (Å²) in [7, 11) is -2.57. The third kappa shape index (κ3) is 5.89. The molecule has 8 nitrogen and oxygen atoms in total. The molecule has 0 heterocycles. The highest BCUT2D eigenvalue weighted by molar-refractivity contribution is 7.92. The van der Waals surface area contributed by atoms with Crippen LogP contribution in [0.3, 0.4) is 0 Å². The lowest BCUT2D eigenvalue weighted by molar-refractivity contribution is -0.114. The Bertz CT molecular complexity index is 1260. The molecule has 172 valence electrons. The van der Waals surface area contributed by atoms with Crippen molar-refractivity contribution in [2.45, 2.75) is 6.92 Å². The number of ether oxygens (including phenoxy) is 2. The Morgan fingerprint density at radius 2 is 1.61 bits per heavy atom. The van der Waals surface area contributed by atoms with Crippen LogP contribution >= 0.6 is 0 Å². The number of amides is 1. The van der Waals surface area contributed by atoms with E-state index >= 15 is 0 Å². The van der Waals surface area contributed by atoms with E-state index in [2.05, 4.69) is 5.32 Å². The minimum atomic E-state index is -3.84. The summed E-state index contributed by atoms with van der Waals surface area (Å²) >= 11 is 0. The van der Waals surface area contributed by atoms with E-state index in [9.17, 15) is 18.0 Å². The number of sulfonamides is 1. The lowest BCUT2D eigenvalue weighted by atomic mass is 10.1. The quantitative estimate of drug-likeness (QED) is 0.502. The van der Waals surface area contributed by atoms with Gasteiger partial charge in [0.25, 0.3) is 0 Å². The maximum absolute atomic E-state index is 12.8. The average Bonchev–Trinajstić information content (AvgIpc) is 2.79. The number of anilines is 2. The second kappa shape index (κ2) is 10.2. The van der Waals surface area contributed by atoms with Gasteiger partial charge in [-0.05, 0) is 48.9 Å². The zero-order chi connectivity index (χ0) is 24.0. The number of nitrogens with one attached hydrogen (secondary N) is 1. The van der Waals surface area contributed by atoms with Gasteiger partial charge in [0.2, 0.25) is 15.9 Å². The monoisotopic (exact) mass is 468 g/mol. The molecule has 0 radical (unpaired) electrons. The third-order valence-electron chi connectivity index (χ3n) is 4.81. The fraction of sp³-hybridized carbons (Fsp3) is 0.167.